The molecule has 0 amide bonds. The van der Waals surface area contributed by atoms with Crippen molar-refractivity contribution in [3.63, 3.8) is 0 Å². The Kier molecular flexibility index (Phi) is 5.79. The zero-order valence-corrected chi connectivity index (χ0v) is 10.6. The zero-order chi connectivity index (χ0) is 11.9. The number of nitrogens with zero attached hydrogens (tertiary/aromatic N) is 1. The number of nitriles is 1. The van der Waals surface area contributed by atoms with Gasteiger partial charge in [0.15, 0.2) is 0 Å². The van der Waals surface area contributed by atoms with Gasteiger partial charge >= 0.3 is 0 Å². The van der Waals surface area contributed by atoms with E-state index in [1.54, 1.807) is 0 Å². The van der Waals surface area contributed by atoms with Crippen LogP contribution >= 0.6 is 0 Å². The number of ether oxygens (including phenoxy) is 1. The Morgan fingerprint density at radius 3 is 2.94 bits per heavy atom. The molecule has 2 unspecified atom stereocenters. The number of hydrogen-bond donors (Lipinski definition) is 1. The molecule has 16 heavy (non-hydrogen) atoms. The SMILES string of the molecule is CCCCOCCC1CCCC1(C#N)NC. The second-order valence-electron chi connectivity index (χ2n) is 4.68. The Morgan fingerprint density at radius 1 is 1.50 bits per heavy atom. The van der Waals surface area contributed by atoms with Crippen LogP contribution in [0, 0.1) is 17.2 Å². The van der Waals surface area contributed by atoms with Crippen molar-refractivity contribution in [2.75, 3.05) is 20.3 Å². The van der Waals surface area contributed by atoms with Gasteiger partial charge in [0.05, 0.1) is 6.07 Å². The molecule has 0 bridgehead atoms. The van der Waals surface area contributed by atoms with Crippen LogP contribution in [0.2, 0.25) is 0 Å². The van der Waals surface area contributed by atoms with E-state index in [1.165, 1.54) is 6.42 Å². The first kappa shape index (κ1) is 13.5. The lowest BCUT2D eigenvalue weighted by molar-refractivity contribution is 0.110. The molecule has 0 radical (unpaired) electrons. The van der Waals surface area contributed by atoms with Crippen molar-refractivity contribution in [2.45, 2.75) is 51.0 Å². The maximum Gasteiger partial charge on any atom is 0.109 e. The lowest BCUT2D eigenvalue weighted by Gasteiger charge is -2.28. The zero-order valence-electron chi connectivity index (χ0n) is 10.6. The van der Waals surface area contributed by atoms with Crippen LogP contribution in [-0.4, -0.2) is 25.8 Å². The van der Waals surface area contributed by atoms with Gasteiger partial charge in [-0.25, -0.2) is 0 Å². The summed E-state index contributed by atoms with van der Waals surface area (Å²) in [7, 11) is 1.90. The minimum atomic E-state index is -0.284. The Labute approximate surface area is 99.2 Å². The highest BCUT2D eigenvalue weighted by molar-refractivity contribution is 5.13. The first-order valence-corrected chi connectivity index (χ1v) is 6.47. The van der Waals surface area contributed by atoms with Crippen LogP contribution in [0.5, 0.6) is 0 Å². The third kappa shape index (κ3) is 3.20. The molecule has 1 rings (SSSR count). The lowest BCUT2D eigenvalue weighted by atomic mass is 9.86. The van der Waals surface area contributed by atoms with Crippen molar-refractivity contribution in [3.05, 3.63) is 0 Å². The molecule has 0 aromatic heterocycles. The van der Waals surface area contributed by atoms with Crippen LogP contribution < -0.4 is 5.32 Å². The predicted molar refractivity (Wildman–Crippen MR) is 65.1 cm³/mol. The highest BCUT2D eigenvalue weighted by Crippen LogP contribution is 2.37. The van der Waals surface area contributed by atoms with Crippen LogP contribution in [-0.2, 0) is 4.74 Å². The number of unbranched alkanes of at least 4 members (excludes halogenated alkanes) is 1. The molecule has 0 spiro atoms. The lowest BCUT2D eigenvalue weighted by Crippen LogP contribution is -2.45. The van der Waals surface area contributed by atoms with E-state index in [0.29, 0.717) is 5.92 Å². The molecule has 1 aliphatic rings. The Bertz CT molecular complexity index is 237. The second-order valence-corrected chi connectivity index (χ2v) is 4.68. The number of rotatable bonds is 7. The second kappa shape index (κ2) is 6.88. The van der Waals surface area contributed by atoms with Gasteiger partial charge in [0.25, 0.3) is 0 Å². The minimum absolute atomic E-state index is 0.284. The molecule has 0 aromatic carbocycles. The first-order valence-electron chi connectivity index (χ1n) is 6.47. The Balaban J connectivity index is 2.28. The molecule has 1 N–H and O–H groups in total. The van der Waals surface area contributed by atoms with Gasteiger partial charge in [-0.15, -0.1) is 0 Å². The quantitative estimate of drug-likeness (QED) is 0.676. The topological polar surface area (TPSA) is 45.0 Å². The molecule has 0 saturated heterocycles. The molecule has 1 aliphatic carbocycles. The molecule has 0 aliphatic heterocycles. The highest BCUT2D eigenvalue weighted by atomic mass is 16.5. The molecule has 92 valence electrons. The standard InChI is InChI=1S/C13H24N2O/c1-3-4-9-16-10-7-12-6-5-8-13(12,11-14)15-2/h12,15H,3-10H2,1-2H3. The molecule has 0 aromatic rings. The van der Waals surface area contributed by atoms with Gasteiger partial charge in [0.2, 0.25) is 0 Å². The average molecular weight is 224 g/mol. The van der Waals surface area contributed by atoms with E-state index in [9.17, 15) is 5.26 Å². The Morgan fingerprint density at radius 2 is 2.31 bits per heavy atom. The van der Waals surface area contributed by atoms with Crippen LogP contribution in [0.3, 0.4) is 0 Å². The van der Waals surface area contributed by atoms with Crippen molar-refractivity contribution < 1.29 is 4.74 Å². The van der Waals surface area contributed by atoms with E-state index in [2.05, 4.69) is 18.3 Å². The monoisotopic (exact) mass is 224 g/mol. The summed E-state index contributed by atoms with van der Waals surface area (Å²) in [6, 6.07) is 2.46. The van der Waals surface area contributed by atoms with Crippen molar-refractivity contribution in [2.24, 2.45) is 5.92 Å². The fourth-order valence-electron chi connectivity index (χ4n) is 2.57. The molecule has 0 heterocycles. The van der Waals surface area contributed by atoms with Gasteiger partial charge in [-0.2, -0.15) is 5.26 Å². The summed E-state index contributed by atoms with van der Waals surface area (Å²) in [5, 5.41) is 12.5. The molecular weight excluding hydrogens is 200 g/mol. The minimum Gasteiger partial charge on any atom is -0.381 e. The van der Waals surface area contributed by atoms with Crippen molar-refractivity contribution in [3.8, 4) is 6.07 Å². The van der Waals surface area contributed by atoms with E-state index < -0.39 is 0 Å². The Hall–Kier alpha value is -0.590. The average Bonchev–Trinajstić information content (AvgIpc) is 2.72. The summed E-state index contributed by atoms with van der Waals surface area (Å²) in [6.07, 6.45) is 6.64. The normalized spacial score (nSPS) is 29.2. The third-order valence-corrected chi connectivity index (χ3v) is 3.72. The molecule has 1 saturated carbocycles. The van der Waals surface area contributed by atoms with Crippen LogP contribution in [0.1, 0.15) is 45.4 Å². The van der Waals surface area contributed by atoms with Gasteiger partial charge in [-0.05, 0) is 38.6 Å². The van der Waals surface area contributed by atoms with Crippen molar-refractivity contribution in [1.29, 1.82) is 5.26 Å². The van der Waals surface area contributed by atoms with Crippen LogP contribution in [0.15, 0.2) is 0 Å². The number of hydrogen-bond acceptors (Lipinski definition) is 3. The summed E-state index contributed by atoms with van der Waals surface area (Å²) in [5.74, 6) is 0.462. The van der Waals surface area contributed by atoms with E-state index in [4.69, 9.17) is 4.74 Å². The predicted octanol–water partition coefficient (Wildman–Crippen LogP) is 2.48. The van der Waals surface area contributed by atoms with Gasteiger partial charge in [0.1, 0.15) is 5.54 Å². The maximum atomic E-state index is 9.27. The molecule has 1 fully saturated rings. The van der Waals surface area contributed by atoms with Crippen molar-refractivity contribution >= 4 is 0 Å². The third-order valence-electron chi connectivity index (χ3n) is 3.72. The van der Waals surface area contributed by atoms with E-state index in [0.717, 1.165) is 45.3 Å². The summed E-state index contributed by atoms with van der Waals surface area (Å²) in [5.41, 5.74) is -0.284. The summed E-state index contributed by atoms with van der Waals surface area (Å²) in [6.45, 7) is 3.83. The summed E-state index contributed by atoms with van der Waals surface area (Å²) < 4.78 is 5.58. The van der Waals surface area contributed by atoms with E-state index in [-0.39, 0.29) is 5.54 Å². The fraction of sp³-hybridized carbons (Fsp3) is 0.923. The maximum absolute atomic E-state index is 9.27. The summed E-state index contributed by atoms with van der Waals surface area (Å²) >= 11 is 0. The molecule has 3 heteroatoms. The van der Waals surface area contributed by atoms with Gasteiger partial charge in [-0.3, -0.25) is 0 Å². The molecule has 2 atom stereocenters. The largest absolute Gasteiger partial charge is 0.381 e. The number of nitrogens with one attached hydrogen (secondary N) is 1. The summed E-state index contributed by atoms with van der Waals surface area (Å²) in [4.78, 5) is 0. The highest BCUT2D eigenvalue weighted by Gasteiger charge is 2.41. The smallest absolute Gasteiger partial charge is 0.109 e. The van der Waals surface area contributed by atoms with Gasteiger partial charge < -0.3 is 10.1 Å². The fourth-order valence-corrected chi connectivity index (χ4v) is 2.57. The molecular formula is C13H24N2O. The van der Waals surface area contributed by atoms with E-state index in [1.807, 2.05) is 7.05 Å². The van der Waals surface area contributed by atoms with Gasteiger partial charge in [-0.1, -0.05) is 19.8 Å². The first-order chi connectivity index (χ1) is 7.79. The van der Waals surface area contributed by atoms with E-state index >= 15 is 0 Å². The molecule has 3 nitrogen and oxygen atoms in total. The van der Waals surface area contributed by atoms with Gasteiger partial charge in [0, 0.05) is 13.2 Å². The van der Waals surface area contributed by atoms with Crippen LogP contribution in [0.25, 0.3) is 0 Å². The van der Waals surface area contributed by atoms with Crippen molar-refractivity contribution in [1.82, 2.24) is 5.32 Å². The van der Waals surface area contributed by atoms with Crippen LogP contribution in [0.4, 0.5) is 0 Å².